The number of rotatable bonds is 4. The highest BCUT2D eigenvalue weighted by Gasteiger charge is 2.06. The van der Waals surface area contributed by atoms with Crippen molar-refractivity contribution in [2.45, 2.75) is 6.42 Å². The van der Waals surface area contributed by atoms with Crippen molar-refractivity contribution in [1.29, 1.82) is 5.26 Å². The van der Waals surface area contributed by atoms with E-state index in [9.17, 15) is 5.26 Å². The number of nitrogens with one attached hydrogen (secondary N) is 1. The predicted molar refractivity (Wildman–Crippen MR) is 85.8 cm³/mol. The van der Waals surface area contributed by atoms with Gasteiger partial charge < -0.3 is 5.32 Å². The summed E-state index contributed by atoms with van der Waals surface area (Å²) in [4.78, 5) is 7.92. The van der Waals surface area contributed by atoms with Crippen molar-refractivity contribution >= 4 is 38.8 Å². The molecule has 0 aliphatic carbocycles. The van der Waals surface area contributed by atoms with Crippen LogP contribution in [0.3, 0.4) is 0 Å². The van der Waals surface area contributed by atoms with E-state index in [1.54, 1.807) is 17.4 Å². The van der Waals surface area contributed by atoms with Crippen LogP contribution in [0.4, 0.5) is 5.82 Å². The third kappa shape index (κ3) is 3.13. The van der Waals surface area contributed by atoms with Gasteiger partial charge in [-0.3, -0.25) is 0 Å². The molecule has 2 aromatic heterocycles. The molecule has 3 aromatic rings. The van der Waals surface area contributed by atoms with Gasteiger partial charge in [0.05, 0.1) is 11.6 Å². The molecular formula is C15H11ClN4S. The average molecular weight is 315 g/mol. The summed E-state index contributed by atoms with van der Waals surface area (Å²) in [6.07, 6.45) is 2.17. The Bertz CT molecular complexity index is 822. The van der Waals surface area contributed by atoms with E-state index in [4.69, 9.17) is 11.6 Å². The van der Waals surface area contributed by atoms with E-state index in [0.717, 1.165) is 22.2 Å². The van der Waals surface area contributed by atoms with E-state index < -0.39 is 0 Å². The van der Waals surface area contributed by atoms with Crippen LogP contribution < -0.4 is 5.32 Å². The van der Waals surface area contributed by atoms with Gasteiger partial charge in [-0.1, -0.05) is 11.6 Å². The number of nitrogens with zero attached hydrogens (tertiary/aromatic N) is 3. The minimum Gasteiger partial charge on any atom is -0.370 e. The fourth-order valence-corrected chi connectivity index (χ4v) is 3.08. The van der Waals surface area contributed by atoms with E-state index in [-0.39, 0.29) is 0 Å². The summed E-state index contributed by atoms with van der Waals surface area (Å²) in [7, 11) is 0. The molecule has 0 unspecified atom stereocenters. The predicted octanol–water partition coefficient (Wildman–Crippen LogP) is 3.87. The number of aromatic nitrogens is 2. The first-order chi connectivity index (χ1) is 10.3. The number of anilines is 1. The lowest BCUT2D eigenvalue weighted by Gasteiger charge is -2.07. The molecule has 0 spiro atoms. The van der Waals surface area contributed by atoms with Crippen molar-refractivity contribution in [1.82, 2.24) is 9.97 Å². The number of fused-ring (bicyclic) bond motifs is 1. The van der Waals surface area contributed by atoms with Crippen LogP contribution in [0.1, 0.15) is 11.1 Å². The topological polar surface area (TPSA) is 61.6 Å². The minimum atomic E-state index is 0.407. The molecule has 0 saturated heterocycles. The van der Waals surface area contributed by atoms with Crippen LogP contribution >= 0.6 is 22.9 Å². The maximum atomic E-state index is 9.26. The van der Waals surface area contributed by atoms with E-state index in [0.29, 0.717) is 17.5 Å². The van der Waals surface area contributed by atoms with Crippen LogP contribution in [0.15, 0.2) is 36.0 Å². The Kier molecular flexibility index (Phi) is 4.00. The third-order valence-electron chi connectivity index (χ3n) is 3.13. The molecule has 104 valence electrons. The zero-order valence-corrected chi connectivity index (χ0v) is 12.6. The monoisotopic (exact) mass is 314 g/mol. The molecule has 0 fully saturated rings. The summed E-state index contributed by atoms with van der Waals surface area (Å²) in [5.74, 6) is 0.685. The van der Waals surface area contributed by atoms with E-state index in [2.05, 4.69) is 33.5 Å². The lowest BCUT2D eigenvalue weighted by molar-refractivity contribution is 0.997. The van der Waals surface area contributed by atoms with E-state index in [1.807, 2.05) is 11.4 Å². The quantitative estimate of drug-likeness (QED) is 0.743. The van der Waals surface area contributed by atoms with Crippen LogP contribution in [0.2, 0.25) is 5.15 Å². The molecule has 0 saturated carbocycles. The van der Waals surface area contributed by atoms with Gasteiger partial charge >= 0.3 is 0 Å². The molecule has 21 heavy (non-hydrogen) atoms. The molecule has 1 N–H and O–H groups in total. The highest BCUT2D eigenvalue weighted by molar-refractivity contribution is 7.17. The Labute approximate surface area is 131 Å². The van der Waals surface area contributed by atoms with Gasteiger partial charge in [-0.25, -0.2) is 9.97 Å². The van der Waals surface area contributed by atoms with Gasteiger partial charge in [-0.15, -0.1) is 11.3 Å². The molecule has 2 heterocycles. The Morgan fingerprint density at radius 2 is 2.19 bits per heavy atom. The van der Waals surface area contributed by atoms with Crippen LogP contribution in [0.25, 0.3) is 10.1 Å². The normalized spacial score (nSPS) is 10.5. The highest BCUT2D eigenvalue weighted by Crippen LogP contribution is 2.25. The van der Waals surface area contributed by atoms with Crippen molar-refractivity contribution in [3.63, 3.8) is 0 Å². The lowest BCUT2D eigenvalue weighted by atomic mass is 10.0. The summed E-state index contributed by atoms with van der Waals surface area (Å²) >= 11 is 7.46. The van der Waals surface area contributed by atoms with Crippen LogP contribution in [-0.4, -0.2) is 16.5 Å². The second-order valence-corrected chi connectivity index (χ2v) is 5.82. The number of hydrogen-bond acceptors (Lipinski definition) is 5. The molecule has 0 radical (unpaired) electrons. The fraction of sp³-hybridized carbons (Fsp3) is 0.133. The van der Waals surface area contributed by atoms with Gasteiger partial charge in [-0.05, 0) is 40.9 Å². The van der Waals surface area contributed by atoms with Crippen molar-refractivity contribution in [2.75, 3.05) is 11.9 Å². The first kappa shape index (κ1) is 13.8. The first-order valence-electron chi connectivity index (χ1n) is 6.38. The highest BCUT2D eigenvalue weighted by atomic mass is 35.5. The van der Waals surface area contributed by atoms with Crippen molar-refractivity contribution in [3.8, 4) is 6.07 Å². The van der Waals surface area contributed by atoms with Crippen molar-refractivity contribution < 1.29 is 0 Å². The molecule has 0 aliphatic rings. The minimum absolute atomic E-state index is 0.407. The smallest absolute Gasteiger partial charge is 0.134 e. The number of halogens is 1. The van der Waals surface area contributed by atoms with Crippen LogP contribution in [0.5, 0.6) is 0 Å². The number of nitriles is 1. The van der Waals surface area contributed by atoms with Gasteiger partial charge in [-0.2, -0.15) is 5.26 Å². The van der Waals surface area contributed by atoms with Gasteiger partial charge in [0.15, 0.2) is 0 Å². The number of benzene rings is 1. The van der Waals surface area contributed by atoms with Crippen LogP contribution in [-0.2, 0) is 6.42 Å². The Hall–Kier alpha value is -2.16. The second kappa shape index (κ2) is 6.08. The average Bonchev–Trinajstić information content (AvgIpc) is 2.93. The van der Waals surface area contributed by atoms with Crippen LogP contribution in [0, 0.1) is 11.3 Å². The molecule has 1 aromatic carbocycles. The standard InChI is InChI=1S/C15H11ClN4S/c16-14-7-15(20-9-19-14)18-3-1-10-5-11-2-4-21-13(11)6-12(10)8-17/h2,4-7,9H,1,3H2,(H,18,19,20). The number of hydrogen-bond donors (Lipinski definition) is 1. The molecular weight excluding hydrogens is 304 g/mol. The third-order valence-corrected chi connectivity index (χ3v) is 4.22. The maximum Gasteiger partial charge on any atom is 0.134 e. The van der Waals surface area contributed by atoms with Gasteiger partial charge in [0.25, 0.3) is 0 Å². The molecule has 0 aliphatic heterocycles. The summed E-state index contributed by atoms with van der Waals surface area (Å²) < 4.78 is 1.14. The second-order valence-electron chi connectivity index (χ2n) is 4.48. The van der Waals surface area contributed by atoms with Gasteiger partial charge in [0.1, 0.15) is 17.3 Å². The summed E-state index contributed by atoms with van der Waals surface area (Å²) in [5, 5.41) is 16.1. The van der Waals surface area contributed by atoms with E-state index in [1.165, 1.54) is 11.7 Å². The first-order valence-corrected chi connectivity index (χ1v) is 7.63. The Morgan fingerprint density at radius 1 is 1.29 bits per heavy atom. The fourth-order valence-electron chi connectivity index (χ4n) is 2.12. The molecule has 0 bridgehead atoms. The van der Waals surface area contributed by atoms with Crippen molar-refractivity contribution in [2.24, 2.45) is 0 Å². The SMILES string of the molecule is N#Cc1cc2sccc2cc1CCNc1cc(Cl)ncn1. The largest absolute Gasteiger partial charge is 0.370 e. The van der Waals surface area contributed by atoms with Crippen molar-refractivity contribution in [3.05, 3.63) is 52.3 Å². The molecule has 3 rings (SSSR count). The summed E-state index contributed by atoms with van der Waals surface area (Å²) in [5.41, 5.74) is 1.77. The summed E-state index contributed by atoms with van der Waals surface area (Å²) in [6.45, 7) is 0.678. The number of thiophene rings is 1. The van der Waals surface area contributed by atoms with E-state index >= 15 is 0 Å². The van der Waals surface area contributed by atoms with Gasteiger partial charge in [0.2, 0.25) is 0 Å². The zero-order valence-electron chi connectivity index (χ0n) is 11.0. The summed E-state index contributed by atoms with van der Waals surface area (Å²) in [6, 6.07) is 10.1. The lowest BCUT2D eigenvalue weighted by Crippen LogP contribution is -2.07. The molecule has 6 heteroatoms. The molecule has 4 nitrogen and oxygen atoms in total. The maximum absolute atomic E-state index is 9.26. The molecule has 0 atom stereocenters. The Morgan fingerprint density at radius 3 is 3.00 bits per heavy atom. The molecule has 0 amide bonds. The zero-order chi connectivity index (χ0) is 14.7. The van der Waals surface area contributed by atoms with Gasteiger partial charge in [0, 0.05) is 17.3 Å². The Balaban J connectivity index is 1.74.